The predicted molar refractivity (Wildman–Crippen MR) is 114 cm³/mol. The molecule has 0 unspecified atom stereocenters. The number of likely N-dealkylation sites (N-methyl/N-ethyl adjacent to an activating group) is 1. The van der Waals surface area contributed by atoms with Crippen LogP contribution in [-0.2, 0) is 9.53 Å². The number of anilines is 2. The second-order valence-corrected chi connectivity index (χ2v) is 7.61. The summed E-state index contributed by atoms with van der Waals surface area (Å²) in [7, 11) is 1.79. The molecule has 0 radical (unpaired) electrons. The number of nitrogens with zero attached hydrogens (tertiary/aromatic N) is 6. The summed E-state index contributed by atoms with van der Waals surface area (Å²) < 4.78 is 7.52. The molecule has 2 aromatic heterocycles. The van der Waals surface area contributed by atoms with Crippen LogP contribution in [0.2, 0.25) is 0 Å². The van der Waals surface area contributed by atoms with Gasteiger partial charge in [0.2, 0.25) is 11.9 Å². The third-order valence-electron chi connectivity index (χ3n) is 5.87. The summed E-state index contributed by atoms with van der Waals surface area (Å²) in [5.74, 6) is 2.16. The Bertz CT molecular complexity index is 1060. The van der Waals surface area contributed by atoms with Gasteiger partial charge in [-0.1, -0.05) is 37.3 Å². The molecule has 0 N–H and O–H groups in total. The summed E-state index contributed by atoms with van der Waals surface area (Å²) in [5, 5.41) is 0. The smallest absolute Gasteiger partial charge is 0.249 e. The number of hydrogen-bond acceptors (Lipinski definition) is 6. The molecule has 1 saturated heterocycles. The zero-order valence-electron chi connectivity index (χ0n) is 17.1. The van der Waals surface area contributed by atoms with Crippen molar-refractivity contribution in [2.24, 2.45) is 0 Å². The molecule has 30 heavy (non-hydrogen) atoms. The lowest BCUT2D eigenvalue weighted by molar-refractivity contribution is -0.120. The van der Waals surface area contributed by atoms with Crippen molar-refractivity contribution in [2.75, 3.05) is 30.1 Å². The lowest BCUT2D eigenvalue weighted by atomic mass is 10.0. The van der Waals surface area contributed by atoms with Crippen molar-refractivity contribution in [1.82, 2.24) is 19.5 Å². The van der Waals surface area contributed by atoms with Crippen molar-refractivity contribution in [3.63, 3.8) is 0 Å². The molecule has 3 aromatic rings. The molecule has 0 aliphatic carbocycles. The number of fused-ring (bicyclic) bond motifs is 1. The van der Waals surface area contributed by atoms with Crippen LogP contribution in [0.4, 0.5) is 11.5 Å². The lowest BCUT2D eigenvalue weighted by Gasteiger charge is -2.43. The summed E-state index contributed by atoms with van der Waals surface area (Å²) in [6.45, 7) is 3.34. The van der Waals surface area contributed by atoms with Crippen LogP contribution in [0, 0.1) is 0 Å². The van der Waals surface area contributed by atoms with Crippen LogP contribution in [0.5, 0.6) is 0 Å². The van der Waals surface area contributed by atoms with Gasteiger partial charge in [0, 0.05) is 31.6 Å². The summed E-state index contributed by atoms with van der Waals surface area (Å²) >= 11 is 0. The van der Waals surface area contributed by atoms with E-state index < -0.39 is 0 Å². The minimum absolute atomic E-state index is 0.0702. The topological polar surface area (TPSA) is 76.4 Å². The molecule has 5 rings (SSSR count). The van der Waals surface area contributed by atoms with Crippen LogP contribution in [0.15, 0.2) is 48.9 Å². The number of amides is 1. The SMILES string of the molecule is CC[C@@H]1C(=O)N(C)c2cnc(-n3ccnc3-c3ccccc3)nc2N1[C@H]1CCOC1. The van der Waals surface area contributed by atoms with E-state index in [1.165, 1.54) is 0 Å². The minimum atomic E-state index is -0.256. The Morgan fingerprint density at radius 3 is 2.77 bits per heavy atom. The van der Waals surface area contributed by atoms with Crippen LogP contribution in [0.1, 0.15) is 19.8 Å². The average Bonchev–Trinajstić information content (AvgIpc) is 3.48. The Morgan fingerprint density at radius 2 is 2.03 bits per heavy atom. The highest BCUT2D eigenvalue weighted by Gasteiger charge is 2.41. The second kappa shape index (κ2) is 7.53. The first-order valence-corrected chi connectivity index (χ1v) is 10.3. The Balaban J connectivity index is 1.63. The number of carbonyl (C=O) groups excluding carboxylic acids is 1. The second-order valence-electron chi connectivity index (χ2n) is 7.61. The molecular weight excluding hydrogens is 380 g/mol. The number of benzene rings is 1. The van der Waals surface area contributed by atoms with Crippen molar-refractivity contribution in [1.29, 1.82) is 0 Å². The molecule has 1 amide bonds. The van der Waals surface area contributed by atoms with Crippen LogP contribution in [-0.4, -0.2) is 57.8 Å². The molecule has 154 valence electrons. The fourth-order valence-corrected chi connectivity index (χ4v) is 4.31. The predicted octanol–water partition coefficient (Wildman–Crippen LogP) is 2.68. The highest BCUT2D eigenvalue weighted by molar-refractivity contribution is 6.04. The number of aromatic nitrogens is 4. The van der Waals surface area contributed by atoms with Gasteiger partial charge in [0.1, 0.15) is 17.6 Å². The first kappa shape index (κ1) is 18.7. The van der Waals surface area contributed by atoms with Gasteiger partial charge in [-0.15, -0.1) is 0 Å². The van der Waals surface area contributed by atoms with Crippen molar-refractivity contribution in [2.45, 2.75) is 31.8 Å². The summed E-state index contributed by atoms with van der Waals surface area (Å²) in [5.41, 5.74) is 1.71. The standard InChI is InChI=1S/C22H24N6O2/c1-3-17-21(29)26(2)18-13-24-22(25-20(18)28(17)16-9-12-30-14-16)27-11-10-23-19(27)15-7-5-4-6-8-15/h4-8,10-11,13,16-17H,3,9,12,14H2,1-2H3/t16-,17+/m0/s1. The summed E-state index contributed by atoms with van der Waals surface area (Å²) in [6, 6.07) is 9.84. The molecule has 2 atom stereocenters. The number of hydrogen-bond donors (Lipinski definition) is 0. The van der Waals surface area contributed by atoms with E-state index in [1.54, 1.807) is 24.3 Å². The van der Waals surface area contributed by atoms with Crippen molar-refractivity contribution < 1.29 is 9.53 Å². The summed E-state index contributed by atoms with van der Waals surface area (Å²) in [6.07, 6.45) is 6.94. The molecule has 1 fully saturated rings. The van der Waals surface area contributed by atoms with E-state index in [2.05, 4.69) is 14.9 Å². The fraction of sp³-hybridized carbons (Fsp3) is 0.364. The van der Waals surface area contributed by atoms with Crippen LogP contribution in [0.3, 0.4) is 0 Å². The van der Waals surface area contributed by atoms with Gasteiger partial charge in [0.25, 0.3) is 0 Å². The fourth-order valence-electron chi connectivity index (χ4n) is 4.31. The molecule has 0 bridgehead atoms. The third kappa shape index (κ3) is 2.95. The van der Waals surface area contributed by atoms with Gasteiger partial charge in [0.15, 0.2) is 5.82 Å². The maximum Gasteiger partial charge on any atom is 0.249 e. The Morgan fingerprint density at radius 1 is 1.20 bits per heavy atom. The van der Waals surface area contributed by atoms with E-state index in [0.29, 0.717) is 25.6 Å². The van der Waals surface area contributed by atoms with Gasteiger partial charge >= 0.3 is 0 Å². The zero-order chi connectivity index (χ0) is 20.7. The molecule has 8 heteroatoms. The molecular formula is C22H24N6O2. The van der Waals surface area contributed by atoms with E-state index in [1.807, 2.05) is 48.0 Å². The van der Waals surface area contributed by atoms with Crippen molar-refractivity contribution in [3.8, 4) is 17.3 Å². The molecule has 2 aliphatic heterocycles. The molecule has 0 spiro atoms. The summed E-state index contributed by atoms with van der Waals surface area (Å²) in [4.78, 5) is 30.9. The Kier molecular flexibility index (Phi) is 4.71. The molecule has 2 aliphatic rings. The third-order valence-corrected chi connectivity index (χ3v) is 5.87. The van der Waals surface area contributed by atoms with Gasteiger partial charge in [-0.25, -0.2) is 9.97 Å². The van der Waals surface area contributed by atoms with E-state index >= 15 is 0 Å². The normalized spacial score (nSPS) is 21.2. The van der Waals surface area contributed by atoms with Crippen LogP contribution in [0.25, 0.3) is 17.3 Å². The largest absolute Gasteiger partial charge is 0.379 e. The Hall–Kier alpha value is -3.26. The quantitative estimate of drug-likeness (QED) is 0.666. The molecule has 0 saturated carbocycles. The van der Waals surface area contributed by atoms with Crippen molar-refractivity contribution >= 4 is 17.4 Å². The number of ether oxygens (including phenoxy) is 1. The van der Waals surface area contributed by atoms with Gasteiger partial charge in [-0.2, -0.15) is 4.98 Å². The number of imidazole rings is 1. The van der Waals surface area contributed by atoms with E-state index in [-0.39, 0.29) is 18.0 Å². The minimum Gasteiger partial charge on any atom is -0.379 e. The highest BCUT2D eigenvalue weighted by Crippen LogP contribution is 2.37. The first-order valence-electron chi connectivity index (χ1n) is 10.3. The van der Waals surface area contributed by atoms with Gasteiger partial charge in [-0.05, 0) is 12.8 Å². The van der Waals surface area contributed by atoms with E-state index in [0.717, 1.165) is 29.3 Å². The van der Waals surface area contributed by atoms with E-state index in [4.69, 9.17) is 9.72 Å². The van der Waals surface area contributed by atoms with Crippen molar-refractivity contribution in [3.05, 3.63) is 48.9 Å². The molecule has 4 heterocycles. The van der Waals surface area contributed by atoms with Gasteiger partial charge in [0.05, 0.1) is 18.8 Å². The molecule has 8 nitrogen and oxygen atoms in total. The maximum atomic E-state index is 13.0. The van der Waals surface area contributed by atoms with Crippen LogP contribution >= 0.6 is 0 Å². The molecule has 1 aromatic carbocycles. The maximum absolute atomic E-state index is 13.0. The van der Waals surface area contributed by atoms with E-state index in [9.17, 15) is 4.79 Å². The highest BCUT2D eigenvalue weighted by atomic mass is 16.5. The van der Waals surface area contributed by atoms with Gasteiger partial charge < -0.3 is 14.5 Å². The first-order chi connectivity index (χ1) is 14.7. The average molecular weight is 404 g/mol. The number of carbonyl (C=O) groups is 1. The monoisotopic (exact) mass is 404 g/mol. The lowest BCUT2D eigenvalue weighted by Crippen LogP contribution is -2.56. The number of rotatable bonds is 4. The zero-order valence-corrected chi connectivity index (χ0v) is 17.1. The Labute approximate surface area is 175 Å². The van der Waals surface area contributed by atoms with Gasteiger partial charge in [-0.3, -0.25) is 9.36 Å². The van der Waals surface area contributed by atoms with Crippen LogP contribution < -0.4 is 9.80 Å².